The molecule has 0 heterocycles. The Bertz CT molecular complexity index is 292. The summed E-state index contributed by atoms with van der Waals surface area (Å²) in [4.78, 5) is 0. The Balaban J connectivity index is 0. The molecule has 0 aromatic heterocycles. The maximum atomic E-state index is 10.5. The quantitative estimate of drug-likeness (QED) is 0.240. The molecule has 0 aromatic carbocycles. The molecule has 21 heavy (non-hydrogen) atoms. The first-order chi connectivity index (χ1) is 9.56. The maximum Gasteiger partial charge on any atom is 0.264 e. The van der Waals surface area contributed by atoms with Crippen molar-refractivity contribution in [2.24, 2.45) is 0 Å². The van der Waals surface area contributed by atoms with Crippen molar-refractivity contribution in [3.63, 3.8) is 0 Å². The molecule has 0 bridgehead atoms. The Morgan fingerprint density at radius 3 is 1.19 bits per heavy atom. The van der Waals surface area contributed by atoms with E-state index in [4.69, 9.17) is 4.55 Å². The van der Waals surface area contributed by atoms with Gasteiger partial charge >= 0.3 is 0 Å². The van der Waals surface area contributed by atoms with Crippen molar-refractivity contribution in [3.05, 3.63) is 0 Å². The van der Waals surface area contributed by atoms with E-state index in [1.165, 1.54) is 70.6 Å². The summed E-state index contributed by atoms with van der Waals surface area (Å²) in [5.74, 6) is -0.0783. The minimum absolute atomic E-state index is 0. The normalized spacial score (nSPS) is 11.3. The summed E-state index contributed by atoms with van der Waals surface area (Å²) in [5.41, 5.74) is 0. The second kappa shape index (κ2) is 16.8. The molecule has 0 spiro atoms. The standard InChI is InChI=1S/C16H34O3S.Cu/c1-2-3-4-5-6-7-8-9-10-11-12-13-14-15-16-20(17,18)19;/h2-16H2,1H3,(H,17,18,19);. The topological polar surface area (TPSA) is 54.4 Å². The summed E-state index contributed by atoms with van der Waals surface area (Å²) < 4.78 is 29.6. The van der Waals surface area contributed by atoms with Crippen LogP contribution in [0.15, 0.2) is 0 Å². The number of hydrogen-bond acceptors (Lipinski definition) is 2. The largest absolute Gasteiger partial charge is 0.286 e. The molecule has 0 fully saturated rings. The van der Waals surface area contributed by atoms with E-state index in [-0.39, 0.29) is 22.8 Å². The molecular weight excluding hydrogens is 336 g/mol. The number of unbranched alkanes of at least 4 members (excludes halogenated alkanes) is 13. The minimum atomic E-state index is -3.74. The van der Waals surface area contributed by atoms with Gasteiger partial charge in [0.1, 0.15) is 0 Å². The third-order valence-corrected chi connectivity index (χ3v) is 4.56. The predicted octanol–water partition coefficient (Wildman–Crippen LogP) is 5.35. The SMILES string of the molecule is CCCCCCCCCCCCCCCCS(=O)(=O)O.[Cu]. The van der Waals surface area contributed by atoms with E-state index in [9.17, 15) is 8.42 Å². The van der Waals surface area contributed by atoms with E-state index in [0.717, 1.165) is 12.8 Å². The molecule has 1 N–H and O–H groups in total. The molecule has 0 unspecified atom stereocenters. The van der Waals surface area contributed by atoms with Gasteiger partial charge < -0.3 is 0 Å². The van der Waals surface area contributed by atoms with Crippen LogP contribution in [0.4, 0.5) is 0 Å². The monoisotopic (exact) mass is 369 g/mol. The molecule has 0 aromatic rings. The van der Waals surface area contributed by atoms with Gasteiger partial charge in [-0.2, -0.15) is 8.42 Å². The Morgan fingerprint density at radius 1 is 0.619 bits per heavy atom. The summed E-state index contributed by atoms with van der Waals surface area (Å²) in [7, 11) is -3.74. The van der Waals surface area contributed by atoms with E-state index in [0.29, 0.717) is 6.42 Å². The van der Waals surface area contributed by atoms with E-state index in [1.54, 1.807) is 0 Å². The molecule has 133 valence electrons. The van der Waals surface area contributed by atoms with Gasteiger partial charge in [-0.05, 0) is 6.42 Å². The van der Waals surface area contributed by atoms with Gasteiger partial charge in [-0.3, -0.25) is 4.55 Å². The Labute approximate surface area is 142 Å². The molecular formula is C16H34CuO3S. The molecule has 5 heteroatoms. The summed E-state index contributed by atoms with van der Waals surface area (Å²) in [6.07, 6.45) is 17.4. The van der Waals surface area contributed by atoms with Crippen LogP contribution in [0.3, 0.4) is 0 Å². The Hall–Kier alpha value is 0.429. The molecule has 0 amide bonds. The van der Waals surface area contributed by atoms with Crippen LogP contribution >= 0.6 is 0 Å². The van der Waals surface area contributed by atoms with E-state index in [2.05, 4.69) is 6.92 Å². The van der Waals surface area contributed by atoms with Gasteiger partial charge in [0.2, 0.25) is 0 Å². The smallest absolute Gasteiger partial charge is 0.264 e. The third kappa shape index (κ3) is 22.8. The van der Waals surface area contributed by atoms with Crippen LogP contribution in [0, 0.1) is 0 Å². The van der Waals surface area contributed by atoms with Crippen LogP contribution in [0.5, 0.6) is 0 Å². The fourth-order valence-electron chi connectivity index (χ4n) is 2.48. The van der Waals surface area contributed by atoms with E-state index >= 15 is 0 Å². The molecule has 0 rings (SSSR count). The Morgan fingerprint density at radius 2 is 0.905 bits per heavy atom. The van der Waals surface area contributed by atoms with Crippen molar-refractivity contribution < 1.29 is 30.0 Å². The van der Waals surface area contributed by atoms with E-state index in [1.807, 2.05) is 0 Å². The van der Waals surface area contributed by atoms with Crippen LogP contribution in [-0.2, 0) is 27.2 Å². The molecule has 0 saturated carbocycles. The van der Waals surface area contributed by atoms with Crippen LogP contribution in [0.25, 0.3) is 0 Å². The summed E-state index contributed by atoms with van der Waals surface area (Å²) in [6.45, 7) is 2.25. The summed E-state index contributed by atoms with van der Waals surface area (Å²) in [6, 6.07) is 0. The zero-order valence-electron chi connectivity index (χ0n) is 13.6. The predicted molar refractivity (Wildman–Crippen MR) is 86.7 cm³/mol. The van der Waals surface area contributed by atoms with E-state index < -0.39 is 10.1 Å². The van der Waals surface area contributed by atoms with Crippen molar-refractivity contribution in [2.45, 2.75) is 96.8 Å². The number of rotatable bonds is 15. The minimum Gasteiger partial charge on any atom is -0.286 e. The number of hydrogen-bond donors (Lipinski definition) is 1. The molecule has 1 radical (unpaired) electrons. The van der Waals surface area contributed by atoms with Gasteiger partial charge in [0.05, 0.1) is 5.75 Å². The van der Waals surface area contributed by atoms with Crippen molar-refractivity contribution in [3.8, 4) is 0 Å². The molecule has 0 aliphatic rings. The first-order valence-electron chi connectivity index (χ1n) is 8.51. The second-order valence-electron chi connectivity index (χ2n) is 5.88. The first kappa shape index (κ1) is 23.7. The summed E-state index contributed by atoms with van der Waals surface area (Å²) >= 11 is 0. The first-order valence-corrected chi connectivity index (χ1v) is 10.1. The molecule has 0 atom stereocenters. The van der Waals surface area contributed by atoms with Crippen molar-refractivity contribution >= 4 is 10.1 Å². The van der Waals surface area contributed by atoms with Gasteiger partial charge in [-0.15, -0.1) is 0 Å². The van der Waals surface area contributed by atoms with Crippen molar-refractivity contribution in [1.82, 2.24) is 0 Å². The second-order valence-corrected chi connectivity index (χ2v) is 7.45. The third-order valence-electron chi connectivity index (χ3n) is 3.76. The molecule has 0 saturated heterocycles. The zero-order chi connectivity index (χ0) is 15.1. The van der Waals surface area contributed by atoms with Crippen LogP contribution in [0.1, 0.15) is 96.8 Å². The summed E-state index contributed by atoms with van der Waals surface area (Å²) in [5, 5.41) is 0. The van der Waals surface area contributed by atoms with Gasteiger partial charge in [-0.1, -0.05) is 90.4 Å². The van der Waals surface area contributed by atoms with Gasteiger partial charge in [0.25, 0.3) is 10.1 Å². The van der Waals surface area contributed by atoms with Gasteiger partial charge in [-0.25, -0.2) is 0 Å². The molecule has 0 aliphatic heterocycles. The Kier molecular flexibility index (Phi) is 18.9. The fourth-order valence-corrected chi connectivity index (χ4v) is 3.05. The zero-order valence-corrected chi connectivity index (χ0v) is 15.3. The van der Waals surface area contributed by atoms with Gasteiger partial charge in [0, 0.05) is 17.1 Å². The van der Waals surface area contributed by atoms with Crippen LogP contribution in [-0.4, -0.2) is 18.7 Å². The van der Waals surface area contributed by atoms with Crippen LogP contribution < -0.4 is 0 Å². The fraction of sp³-hybridized carbons (Fsp3) is 1.00. The van der Waals surface area contributed by atoms with Crippen molar-refractivity contribution in [1.29, 1.82) is 0 Å². The maximum absolute atomic E-state index is 10.5. The van der Waals surface area contributed by atoms with Crippen molar-refractivity contribution in [2.75, 3.05) is 5.75 Å². The molecule has 3 nitrogen and oxygen atoms in total. The van der Waals surface area contributed by atoms with Crippen LogP contribution in [0.2, 0.25) is 0 Å². The average Bonchev–Trinajstić information content (AvgIpc) is 2.38. The molecule has 0 aliphatic carbocycles. The van der Waals surface area contributed by atoms with Gasteiger partial charge in [0.15, 0.2) is 0 Å². The average molecular weight is 370 g/mol.